The molecule has 0 unspecified atom stereocenters. The smallest absolute Gasteiger partial charge is 0.269 e. The zero-order valence-corrected chi connectivity index (χ0v) is 11.8. The average Bonchev–Trinajstić information content (AvgIpc) is 2.40. The number of carbonyl (C=O) groups excluding carboxylic acids is 1. The van der Waals surface area contributed by atoms with Gasteiger partial charge in [-0.1, -0.05) is 27.7 Å². The number of methoxy groups -OCH3 is 1. The van der Waals surface area contributed by atoms with Crippen molar-refractivity contribution in [1.82, 2.24) is 10.3 Å². The zero-order valence-electron chi connectivity index (χ0n) is 11.8. The normalized spacial score (nSPS) is 9.56. The number of carbonyl (C=O) groups is 1. The van der Waals surface area contributed by atoms with E-state index in [4.69, 9.17) is 4.74 Å². The standard InChI is InChI=1S/C11H15FN2O2.C2H6/c1-6(2)7-5-8(10(15)13-3)14-11(16-4)9(7)12;1-2/h5-6H,1-4H3,(H,13,15);1-2H3. The maximum atomic E-state index is 13.8. The predicted molar refractivity (Wildman–Crippen MR) is 69.6 cm³/mol. The molecule has 0 saturated carbocycles. The van der Waals surface area contributed by atoms with Crippen LogP contribution in [0.1, 0.15) is 49.7 Å². The minimum Gasteiger partial charge on any atom is -0.479 e. The fourth-order valence-electron chi connectivity index (χ4n) is 1.32. The van der Waals surface area contributed by atoms with Gasteiger partial charge in [0.15, 0.2) is 5.82 Å². The van der Waals surface area contributed by atoms with E-state index in [2.05, 4.69) is 10.3 Å². The van der Waals surface area contributed by atoms with Gasteiger partial charge in [-0.05, 0) is 17.5 Å². The second-order valence-electron chi connectivity index (χ2n) is 3.65. The summed E-state index contributed by atoms with van der Waals surface area (Å²) in [4.78, 5) is 15.2. The number of ether oxygens (including phenoxy) is 1. The Labute approximate surface area is 108 Å². The molecule has 1 amide bonds. The number of amides is 1. The molecule has 0 aliphatic carbocycles. The first-order valence-electron chi connectivity index (χ1n) is 5.97. The number of hydrogen-bond donors (Lipinski definition) is 1. The van der Waals surface area contributed by atoms with Crippen LogP contribution < -0.4 is 10.1 Å². The third-order valence-corrected chi connectivity index (χ3v) is 2.23. The van der Waals surface area contributed by atoms with Crippen LogP contribution in [0.15, 0.2) is 6.07 Å². The highest BCUT2D eigenvalue weighted by Gasteiger charge is 2.18. The summed E-state index contributed by atoms with van der Waals surface area (Å²) in [6.45, 7) is 7.68. The summed E-state index contributed by atoms with van der Waals surface area (Å²) in [6, 6.07) is 1.45. The van der Waals surface area contributed by atoms with Crippen LogP contribution >= 0.6 is 0 Å². The summed E-state index contributed by atoms with van der Waals surface area (Å²) < 4.78 is 18.6. The largest absolute Gasteiger partial charge is 0.479 e. The molecule has 0 atom stereocenters. The molecule has 1 aromatic heterocycles. The molecule has 0 bridgehead atoms. The lowest BCUT2D eigenvalue weighted by Crippen LogP contribution is -2.20. The Morgan fingerprint density at radius 1 is 1.44 bits per heavy atom. The lowest BCUT2D eigenvalue weighted by Gasteiger charge is -2.11. The molecule has 5 heteroatoms. The minimum atomic E-state index is -0.509. The first-order valence-corrected chi connectivity index (χ1v) is 5.97. The Bertz CT molecular complexity index is 406. The Kier molecular flexibility index (Phi) is 6.93. The van der Waals surface area contributed by atoms with Crippen molar-refractivity contribution in [2.24, 2.45) is 0 Å². The fourth-order valence-corrected chi connectivity index (χ4v) is 1.32. The van der Waals surface area contributed by atoms with Gasteiger partial charge >= 0.3 is 0 Å². The zero-order chi connectivity index (χ0) is 14.3. The van der Waals surface area contributed by atoms with Gasteiger partial charge < -0.3 is 10.1 Å². The molecule has 0 fully saturated rings. The highest BCUT2D eigenvalue weighted by atomic mass is 19.1. The van der Waals surface area contributed by atoms with Crippen LogP contribution in [0.4, 0.5) is 4.39 Å². The van der Waals surface area contributed by atoms with E-state index in [1.54, 1.807) is 0 Å². The Balaban J connectivity index is 0.00000137. The van der Waals surface area contributed by atoms with Crippen LogP contribution in [0.3, 0.4) is 0 Å². The van der Waals surface area contributed by atoms with E-state index in [9.17, 15) is 9.18 Å². The van der Waals surface area contributed by atoms with Gasteiger partial charge in [-0.15, -0.1) is 0 Å². The van der Waals surface area contributed by atoms with Crippen LogP contribution in [0.2, 0.25) is 0 Å². The van der Waals surface area contributed by atoms with Gasteiger partial charge in [-0.25, -0.2) is 9.37 Å². The molecule has 0 spiro atoms. The molecule has 4 nitrogen and oxygen atoms in total. The molecule has 102 valence electrons. The molecule has 1 aromatic rings. The molecule has 1 heterocycles. The number of rotatable bonds is 3. The van der Waals surface area contributed by atoms with Crippen molar-refractivity contribution in [3.8, 4) is 5.88 Å². The van der Waals surface area contributed by atoms with Gasteiger partial charge in [0.1, 0.15) is 5.69 Å². The summed E-state index contributed by atoms with van der Waals surface area (Å²) in [5, 5.41) is 2.44. The van der Waals surface area contributed by atoms with E-state index in [1.165, 1.54) is 20.2 Å². The van der Waals surface area contributed by atoms with Gasteiger partial charge in [0.05, 0.1) is 7.11 Å². The summed E-state index contributed by atoms with van der Waals surface area (Å²) in [6.07, 6.45) is 0. The van der Waals surface area contributed by atoms with Gasteiger partial charge in [0.2, 0.25) is 0 Å². The summed E-state index contributed by atoms with van der Waals surface area (Å²) in [5.74, 6) is -1.06. The molecule has 0 radical (unpaired) electrons. The van der Waals surface area contributed by atoms with Crippen LogP contribution in [0.5, 0.6) is 5.88 Å². The highest BCUT2D eigenvalue weighted by molar-refractivity contribution is 5.92. The number of nitrogens with one attached hydrogen (secondary N) is 1. The summed E-state index contributed by atoms with van der Waals surface area (Å²) >= 11 is 0. The van der Waals surface area contributed by atoms with Crippen LogP contribution in [0, 0.1) is 5.82 Å². The first-order chi connectivity index (χ1) is 8.51. The van der Waals surface area contributed by atoms with Crippen molar-refractivity contribution in [1.29, 1.82) is 0 Å². The molecule has 1 N–H and O–H groups in total. The van der Waals surface area contributed by atoms with E-state index in [1.807, 2.05) is 27.7 Å². The fraction of sp³-hybridized carbons (Fsp3) is 0.538. The van der Waals surface area contributed by atoms with Crippen molar-refractivity contribution >= 4 is 5.91 Å². The SMILES string of the molecule is CC.CNC(=O)c1cc(C(C)C)c(F)c(OC)n1. The lowest BCUT2D eigenvalue weighted by atomic mass is 10.0. The minimum absolute atomic E-state index is 0.0414. The number of pyridine rings is 1. The van der Waals surface area contributed by atoms with Crippen LogP contribution in [0.25, 0.3) is 0 Å². The van der Waals surface area contributed by atoms with E-state index in [0.717, 1.165) is 0 Å². The monoisotopic (exact) mass is 256 g/mol. The quantitative estimate of drug-likeness (QED) is 0.904. The molecule has 0 saturated heterocycles. The maximum Gasteiger partial charge on any atom is 0.269 e. The average molecular weight is 256 g/mol. The molecule has 0 aliphatic heterocycles. The molecular formula is C13H21FN2O2. The first kappa shape index (κ1) is 16.4. The van der Waals surface area contributed by atoms with Gasteiger partial charge in [0.25, 0.3) is 11.8 Å². The van der Waals surface area contributed by atoms with Crippen LogP contribution in [-0.4, -0.2) is 25.0 Å². The third kappa shape index (κ3) is 3.68. The Morgan fingerprint density at radius 3 is 2.39 bits per heavy atom. The Morgan fingerprint density at radius 2 is 2.00 bits per heavy atom. The van der Waals surface area contributed by atoms with E-state index in [0.29, 0.717) is 5.56 Å². The van der Waals surface area contributed by atoms with Crippen molar-refractivity contribution in [2.45, 2.75) is 33.6 Å². The number of hydrogen-bond acceptors (Lipinski definition) is 3. The number of nitrogens with zero attached hydrogens (tertiary/aromatic N) is 1. The molecule has 18 heavy (non-hydrogen) atoms. The Hall–Kier alpha value is -1.65. The van der Waals surface area contributed by atoms with Crippen molar-refractivity contribution in [2.75, 3.05) is 14.2 Å². The third-order valence-electron chi connectivity index (χ3n) is 2.23. The molecule has 0 aliphatic rings. The highest BCUT2D eigenvalue weighted by Crippen LogP contribution is 2.25. The number of halogens is 1. The molecule has 0 aromatic carbocycles. The van der Waals surface area contributed by atoms with Crippen molar-refractivity contribution in [3.05, 3.63) is 23.1 Å². The summed E-state index contributed by atoms with van der Waals surface area (Å²) in [7, 11) is 2.82. The van der Waals surface area contributed by atoms with E-state index < -0.39 is 5.82 Å². The van der Waals surface area contributed by atoms with Crippen molar-refractivity contribution < 1.29 is 13.9 Å². The van der Waals surface area contributed by atoms with Gasteiger partial charge in [0, 0.05) is 7.05 Å². The second kappa shape index (κ2) is 7.63. The maximum absolute atomic E-state index is 13.8. The molecular weight excluding hydrogens is 235 g/mol. The van der Waals surface area contributed by atoms with E-state index in [-0.39, 0.29) is 23.4 Å². The van der Waals surface area contributed by atoms with Gasteiger partial charge in [-0.3, -0.25) is 4.79 Å². The van der Waals surface area contributed by atoms with Gasteiger partial charge in [-0.2, -0.15) is 0 Å². The predicted octanol–water partition coefficient (Wildman–Crippen LogP) is 2.74. The van der Waals surface area contributed by atoms with Crippen molar-refractivity contribution in [3.63, 3.8) is 0 Å². The number of aromatic nitrogens is 1. The van der Waals surface area contributed by atoms with E-state index >= 15 is 0 Å². The van der Waals surface area contributed by atoms with Crippen LogP contribution in [-0.2, 0) is 0 Å². The molecule has 1 rings (SSSR count). The summed E-state index contributed by atoms with van der Waals surface area (Å²) in [5.41, 5.74) is 0.579. The second-order valence-corrected chi connectivity index (χ2v) is 3.65. The lowest BCUT2D eigenvalue weighted by molar-refractivity contribution is 0.0957. The topological polar surface area (TPSA) is 51.2 Å².